The van der Waals surface area contributed by atoms with E-state index in [1.165, 1.54) is 0 Å². The molecule has 0 bridgehead atoms. The van der Waals surface area contributed by atoms with Gasteiger partial charge >= 0.3 is 0 Å². The molecular formula is C54H80N3O16. The Kier molecular flexibility index (Phi) is 34.3. The molecule has 4 rings (SSSR count). The van der Waals surface area contributed by atoms with Gasteiger partial charge in [-0.05, 0) is 83.9 Å². The Morgan fingerprint density at radius 1 is 0.288 bits per heavy atom. The van der Waals surface area contributed by atoms with Crippen LogP contribution in [-0.2, 0) is 69.9 Å². The van der Waals surface area contributed by atoms with Crippen molar-refractivity contribution in [3.8, 4) is 23.0 Å². The van der Waals surface area contributed by atoms with Crippen LogP contribution in [0.25, 0.3) is 0 Å². The first-order chi connectivity index (χ1) is 36.1. The second kappa shape index (κ2) is 41.4. The zero-order valence-electron chi connectivity index (χ0n) is 43.4. The van der Waals surface area contributed by atoms with Gasteiger partial charge < -0.3 is 86.4 Å². The van der Waals surface area contributed by atoms with E-state index >= 15 is 0 Å². The minimum absolute atomic E-state index is 0.378. The zero-order chi connectivity index (χ0) is 51.5. The van der Waals surface area contributed by atoms with E-state index in [9.17, 15) is 0 Å². The van der Waals surface area contributed by atoms with Crippen LogP contribution < -0.4 is 34.9 Å². The summed E-state index contributed by atoms with van der Waals surface area (Å²) in [5.74, 6) is 2.72. The van der Waals surface area contributed by atoms with Gasteiger partial charge in [-0.2, -0.15) is 0 Å². The van der Waals surface area contributed by atoms with Gasteiger partial charge in [0.05, 0.1) is 144 Å². The summed E-state index contributed by atoms with van der Waals surface area (Å²) in [5.41, 5.74) is 5.52. The van der Waals surface area contributed by atoms with Crippen molar-refractivity contribution in [3.05, 3.63) is 96.1 Å². The molecule has 4 aromatic rings. The van der Waals surface area contributed by atoms with E-state index in [0.717, 1.165) is 33.9 Å². The first-order valence-electron chi connectivity index (χ1n) is 24.8. The van der Waals surface area contributed by atoms with Crippen LogP contribution in [0.3, 0.4) is 0 Å². The summed E-state index contributed by atoms with van der Waals surface area (Å²) in [6.07, 6.45) is 0. The molecule has 19 heteroatoms. The van der Waals surface area contributed by atoms with Gasteiger partial charge in [0, 0.05) is 65.0 Å². The van der Waals surface area contributed by atoms with Gasteiger partial charge in [0.15, 0.2) is 0 Å². The van der Waals surface area contributed by atoms with E-state index in [4.69, 9.17) is 81.1 Å². The van der Waals surface area contributed by atoms with Gasteiger partial charge in [-0.3, -0.25) is 0 Å². The first-order valence-corrected chi connectivity index (χ1v) is 24.8. The summed E-state index contributed by atoms with van der Waals surface area (Å²) in [4.78, 5) is 0. The fraction of sp³-hybridized carbons (Fsp3) is 0.556. The Balaban J connectivity index is 1.25. The molecule has 0 saturated carbocycles. The van der Waals surface area contributed by atoms with Crippen molar-refractivity contribution in [2.24, 2.45) is 0 Å². The molecule has 407 valence electrons. The highest BCUT2D eigenvalue weighted by molar-refractivity contribution is 5.58. The maximum Gasteiger partial charge on any atom is 0.123 e. The molecule has 1 radical (unpaired) electrons. The van der Waals surface area contributed by atoms with Crippen LogP contribution >= 0.6 is 0 Å². The molecule has 0 aliphatic heterocycles. The molecular weight excluding hydrogens is 947 g/mol. The Morgan fingerprint density at radius 3 is 0.767 bits per heavy atom. The van der Waals surface area contributed by atoms with Gasteiger partial charge in [0.2, 0.25) is 0 Å². The van der Waals surface area contributed by atoms with Gasteiger partial charge in [-0.25, -0.2) is 5.32 Å². The number of benzene rings is 4. The summed E-state index contributed by atoms with van der Waals surface area (Å²) in [6, 6.07) is 27.7. The van der Waals surface area contributed by atoms with E-state index < -0.39 is 0 Å². The molecule has 0 unspecified atom stereocenters. The number of methoxy groups -OCH3 is 4. The Morgan fingerprint density at radius 2 is 0.521 bits per heavy atom. The molecule has 0 spiro atoms. The maximum absolute atomic E-state index is 6.06. The van der Waals surface area contributed by atoms with Crippen molar-refractivity contribution in [2.45, 2.75) is 13.1 Å². The highest BCUT2D eigenvalue weighted by atomic mass is 16.6. The summed E-state index contributed by atoms with van der Waals surface area (Å²) in [6.45, 7) is 12.5. The van der Waals surface area contributed by atoms with Crippen LogP contribution in [0.4, 0.5) is 22.7 Å². The molecule has 0 fully saturated rings. The topological polar surface area (TPSA) is 186 Å². The molecule has 0 aliphatic rings. The van der Waals surface area contributed by atoms with E-state index in [1.807, 2.05) is 84.9 Å². The second-order valence-electron chi connectivity index (χ2n) is 15.8. The Bertz CT molecular complexity index is 1710. The van der Waals surface area contributed by atoms with E-state index in [2.05, 4.69) is 10.6 Å². The Labute approximate surface area is 432 Å². The number of nitrogens with zero attached hydrogens (tertiary/aromatic N) is 1. The highest BCUT2D eigenvalue weighted by Gasteiger charge is 2.09. The van der Waals surface area contributed by atoms with E-state index in [-0.39, 0.29) is 0 Å². The Hall–Kier alpha value is -5.00. The standard InChI is InChI=1S/C54H80N3O16/c1-58-13-17-62-21-25-66-29-33-70-51-37-45(38-52(41-51)71-34-30-67-26-22-63-18-14-59-2)43-55-47-5-9-49(10-6-47)57-50-11-7-48(8-12-50)56-44-46-39-53(72-35-31-68-27-23-64-19-15-60-3)42-54(40-46)73-36-32-69-28-24-65-20-16-61-4/h5-12,37-42,55-56H,13-36,43-44H2,1-4H3. The molecule has 0 heterocycles. The molecule has 2 N–H and O–H groups in total. The van der Waals surface area contributed by atoms with Crippen LogP contribution in [0.15, 0.2) is 84.9 Å². The molecule has 0 atom stereocenters. The van der Waals surface area contributed by atoms with Gasteiger partial charge in [-0.15, -0.1) is 0 Å². The first kappa shape index (κ1) is 60.6. The lowest BCUT2D eigenvalue weighted by molar-refractivity contribution is 0.0174. The summed E-state index contributed by atoms with van der Waals surface area (Å²) < 4.78 is 88.8. The van der Waals surface area contributed by atoms with Gasteiger partial charge in [0.25, 0.3) is 0 Å². The fourth-order valence-electron chi connectivity index (χ4n) is 6.39. The third-order valence-corrected chi connectivity index (χ3v) is 10.1. The number of rotatable bonds is 48. The SMILES string of the molecule is COCCOCCOCCOc1cc(CNc2ccc([N]c3ccc(NCc4cc(OCCOCCOCCOC)cc(OCCOCCOCCOC)c4)cc3)cc2)cc(OCCOCCOCCOC)c1. The van der Waals surface area contributed by atoms with E-state index in [1.54, 1.807) is 28.4 Å². The predicted octanol–water partition coefficient (Wildman–Crippen LogP) is 6.71. The smallest absolute Gasteiger partial charge is 0.123 e. The van der Waals surface area contributed by atoms with Crippen LogP contribution in [0.1, 0.15) is 11.1 Å². The number of anilines is 2. The highest BCUT2D eigenvalue weighted by Crippen LogP contribution is 2.27. The normalized spacial score (nSPS) is 11.2. The molecule has 4 aromatic carbocycles. The summed E-state index contributed by atoms with van der Waals surface area (Å²) >= 11 is 0. The van der Waals surface area contributed by atoms with Crippen LogP contribution in [0.5, 0.6) is 23.0 Å². The predicted molar refractivity (Wildman–Crippen MR) is 278 cm³/mol. The van der Waals surface area contributed by atoms with Crippen molar-refractivity contribution in [1.29, 1.82) is 0 Å². The number of ether oxygens (including phenoxy) is 16. The fourth-order valence-corrected chi connectivity index (χ4v) is 6.39. The average Bonchev–Trinajstić information content (AvgIpc) is 3.41. The van der Waals surface area contributed by atoms with Crippen LogP contribution in [0.2, 0.25) is 0 Å². The lowest BCUT2D eigenvalue weighted by Crippen LogP contribution is -2.13. The lowest BCUT2D eigenvalue weighted by atomic mass is 10.2. The van der Waals surface area contributed by atoms with Crippen molar-refractivity contribution < 1.29 is 75.8 Å². The summed E-state index contributed by atoms with van der Waals surface area (Å²) in [5, 5.41) is 11.9. The third kappa shape index (κ3) is 30.1. The van der Waals surface area contributed by atoms with Gasteiger partial charge in [-0.1, -0.05) is 0 Å². The van der Waals surface area contributed by atoms with Crippen molar-refractivity contribution in [1.82, 2.24) is 5.32 Å². The summed E-state index contributed by atoms with van der Waals surface area (Å²) in [7, 11) is 6.58. The molecule has 19 nitrogen and oxygen atoms in total. The monoisotopic (exact) mass is 1030 g/mol. The van der Waals surface area contributed by atoms with Crippen LogP contribution in [-0.4, -0.2) is 187 Å². The van der Waals surface area contributed by atoms with Crippen LogP contribution in [0, 0.1) is 0 Å². The number of nitrogens with one attached hydrogen (secondary N) is 2. The average molecular weight is 1030 g/mol. The molecule has 0 amide bonds. The minimum atomic E-state index is 0.378. The van der Waals surface area contributed by atoms with Gasteiger partial charge in [0.1, 0.15) is 49.4 Å². The molecule has 0 aromatic heterocycles. The largest absolute Gasteiger partial charge is 0.491 e. The minimum Gasteiger partial charge on any atom is -0.491 e. The van der Waals surface area contributed by atoms with Crippen molar-refractivity contribution in [2.75, 3.05) is 198 Å². The zero-order valence-corrected chi connectivity index (χ0v) is 43.4. The molecule has 0 aliphatic carbocycles. The lowest BCUT2D eigenvalue weighted by Gasteiger charge is -2.14. The second-order valence-corrected chi connectivity index (χ2v) is 15.8. The molecule has 73 heavy (non-hydrogen) atoms. The molecule has 0 saturated heterocycles. The van der Waals surface area contributed by atoms with E-state index in [0.29, 0.717) is 195 Å². The number of hydrogen-bond donors (Lipinski definition) is 2. The third-order valence-electron chi connectivity index (χ3n) is 10.1. The maximum atomic E-state index is 6.06. The quantitative estimate of drug-likeness (QED) is 0.0444. The number of hydrogen-bond acceptors (Lipinski definition) is 18. The van der Waals surface area contributed by atoms with Crippen molar-refractivity contribution in [3.63, 3.8) is 0 Å². The van der Waals surface area contributed by atoms with Crippen molar-refractivity contribution >= 4 is 22.7 Å².